The van der Waals surface area contributed by atoms with Crippen LogP contribution in [-0.4, -0.2) is 78.8 Å². The van der Waals surface area contributed by atoms with Crippen molar-refractivity contribution in [2.24, 2.45) is 11.8 Å². The molecule has 3 atom stereocenters. The highest BCUT2D eigenvalue weighted by Crippen LogP contribution is 2.37. The molecule has 164 valence electrons. The minimum Gasteiger partial charge on any atom is -0.465 e. The predicted octanol–water partition coefficient (Wildman–Crippen LogP) is 2.22. The van der Waals surface area contributed by atoms with Crippen molar-refractivity contribution in [1.29, 1.82) is 0 Å². The van der Waals surface area contributed by atoms with Gasteiger partial charge >= 0.3 is 6.09 Å². The zero-order valence-electron chi connectivity index (χ0n) is 18.3. The van der Waals surface area contributed by atoms with Crippen LogP contribution in [0.15, 0.2) is 18.2 Å². The number of amides is 2. The summed E-state index contributed by atoms with van der Waals surface area (Å²) in [7, 11) is 0. The van der Waals surface area contributed by atoms with E-state index < -0.39 is 6.09 Å². The Labute approximate surface area is 179 Å². The quantitative estimate of drug-likeness (QED) is 0.790. The summed E-state index contributed by atoms with van der Waals surface area (Å²) in [5.74, 6) is 1.37. The van der Waals surface area contributed by atoms with Crippen LogP contribution in [0, 0.1) is 11.8 Å². The largest absolute Gasteiger partial charge is 0.465 e. The van der Waals surface area contributed by atoms with E-state index in [2.05, 4.69) is 42.3 Å². The van der Waals surface area contributed by atoms with E-state index in [1.807, 2.05) is 4.90 Å². The first-order valence-corrected chi connectivity index (χ1v) is 11.2. The molecule has 3 fully saturated rings. The number of rotatable bonds is 4. The molecule has 0 bridgehead atoms. The highest BCUT2D eigenvalue weighted by molar-refractivity contribution is 5.73. The monoisotopic (exact) mass is 414 g/mol. The van der Waals surface area contributed by atoms with Gasteiger partial charge in [-0.3, -0.25) is 4.79 Å². The summed E-state index contributed by atoms with van der Waals surface area (Å²) in [5, 5.41) is 13.2. The number of benzene rings is 1. The number of piperazine rings is 1. The average molecular weight is 415 g/mol. The van der Waals surface area contributed by atoms with Crippen LogP contribution in [0.25, 0.3) is 0 Å². The van der Waals surface area contributed by atoms with Crippen molar-refractivity contribution in [2.75, 3.05) is 50.7 Å². The molecular weight excluding hydrogens is 380 g/mol. The van der Waals surface area contributed by atoms with Gasteiger partial charge in [0.1, 0.15) is 0 Å². The smallest absolute Gasteiger partial charge is 0.407 e. The standard InChI is InChI=1S/C23H34N4O3/c1-15(2)17-4-5-18(21(10-17)26-8-6-25(7-9-26)16(3)28)11-22-20-13-24-12-19(20)14-27(22)23(29)30/h4-5,10,15,19-20,22,24H,6-9,11-14H2,1-3H3,(H,29,30). The lowest BCUT2D eigenvalue weighted by atomic mass is 9.88. The van der Waals surface area contributed by atoms with Gasteiger partial charge in [0, 0.05) is 64.5 Å². The molecule has 4 rings (SSSR count). The molecule has 0 spiro atoms. The summed E-state index contributed by atoms with van der Waals surface area (Å²) in [5.41, 5.74) is 3.73. The summed E-state index contributed by atoms with van der Waals surface area (Å²) in [6.07, 6.45) is -0.0553. The molecule has 7 heteroatoms. The molecule has 3 saturated heterocycles. The van der Waals surface area contributed by atoms with Gasteiger partial charge in [0.15, 0.2) is 0 Å². The zero-order valence-corrected chi connectivity index (χ0v) is 18.3. The number of nitrogens with one attached hydrogen (secondary N) is 1. The van der Waals surface area contributed by atoms with Gasteiger partial charge in [-0.2, -0.15) is 0 Å². The fourth-order valence-corrected chi connectivity index (χ4v) is 5.40. The first-order chi connectivity index (χ1) is 14.3. The summed E-state index contributed by atoms with van der Waals surface area (Å²) >= 11 is 0. The predicted molar refractivity (Wildman–Crippen MR) is 117 cm³/mol. The Hall–Kier alpha value is -2.28. The summed E-state index contributed by atoms with van der Waals surface area (Å²) in [6.45, 7) is 11.6. The van der Waals surface area contributed by atoms with E-state index in [0.29, 0.717) is 24.3 Å². The number of carbonyl (C=O) groups is 2. The SMILES string of the molecule is CC(=O)N1CCN(c2cc(C(C)C)ccc2CC2C3CNCC3CN2C(=O)O)CC1. The third-order valence-corrected chi connectivity index (χ3v) is 7.23. The number of fused-ring (bicyclic) bond motifs is 1. The lowest BCUT2D eigenvalue weighted by Crippen LogP contribution is -2.48. The van der Waals surface area contributed by atoms with E-state index in [0.717, 1.165) is 45.7 Å². The molecule has 7 nitrogen and oxygen atoms in total. The third kappa shape index (κ3) is 4.00. The van der Waals surface area contributed by atoms with Gasteiger partial charge in [-0.15, -0.1) is 0 Å². The number of likely N-dealkylation sites (tertiary alicyclic amines) is 1. The third-order valence-electron chi connectivity index (χ3n) is 7.23. The van der Waals surface area contributed by atoms with Crippen LogP contribution in [0.3, 0.4) is 0 Å². The molecule has 0 radical (unpaired) electrons. The Kier molecular flexibility index (Phi) is 5.91. The fraction of sp³-hybridized carbons (Fsp3) is 0.652. The maximum Gasteiger partial charge on any atom is 0.407 e. The summed E-state index contributed by atoms with van der Waals surface area (Å²) in [4.78, 5) is 29.6. The van der Waals surface area contributed by atoms with Crippen LogP contribution in [0.4, 0.5) is 10.5 Å². The molecule has 1 aromatic rings. The van der Waals surface area contributed by atoms with Crippen LogP contribution in [0.5, 0.6) is 0 Å². The van der Waals surface area contributed by atoms with Crippen molar-refractivity contribution < 1.29 is 14.7 Å². The Morgan fingerprint density at radius 1 is 1.17 bits per heavy atom. The number of nitrogens with zero attached hydrogens (tertiary/aromatic N) is 3. The van der Waals surface area contributed by atoms with Crippen molar-refractivity contribution in [3.8, 4) is 0 Å². The van der Waals surface area contributed by atoms with E-state index in [4.69, 9.17) is 0 Å². The molecule has 3 unspecified atom stereocenters. The van der Waals surface area contributed by atoms with Crippen molar-refractivity contribution in [3.63, 3.8) is 0 Å². The second-order valence-corrected chi connectivity index (χ2v) is 9.32. The molecule has 3 aliphatic heterocycles. The van der Waals surface area contributed by atoms with Crippen molar-refractivity contribution in [3.05, 3.63) is 29.3 Å². The first-order valence-electron chi connectivity index (χ1n) is 11.2. The maximum absolute atomic E-state index is 11.9. The van der Waals surface area contributed by atoms with Crippen LogP contribution >= 0.6 is 0 Å². The van der Waals surface area contributed by atoms with Gasteiger partial charge in [-0.25, -0.2) is 4.79 Å². The number of hydrogen-bond acceptors (Lipinski definition) is 4. The Morgan fingerprint density at radius 3 is 2.53 bits per heavy atom. The molecule has 3 heterocycles. The topological polar surface area (TPSA) is 76.1 Å². The van der Waals surface area contributed by atoms with Crippen LogP contribution < -0.4 is 10.2 Å². The summed E-state index contributed by atoms with van der Waals surface area (Å²) < 4.78 is 0. The number of anilines is 1. The van der Waals surface area contributed by atoms with E-state index in [9.17, 15) is 14.7 Å². The molecule has 0 aromatic heterocycles. The number of hydrogen-bond donors (Lipinski definition) is 2. The first kappa shape index (κ1) is 21.0. The lowest BCUT2D eigenvalue weighted by Gasteiger charge is -2.37. The number of carboxylic acid groups (broad SMARTS) is 1. The van der Waals surface area contributed by atoms with Crippen molar-refractivity contribution >= 4 is 17.7 Å². The van der Waals surface area contributed by atoms with Crippen LogP contribution in [-0.2, 0) is 11.2 Å². The fourth-order valence-electron chi connectivity index (χ4n) is 5.40. The van der Waals surface area contributed by atoms with E-state index in [1.54, 1.807) is 11.8 Å². The Bertz CT molecular complexity index is 804. The average Bonchev–Trinajstić information content (AvgIpc) is 3.31. The maximum atomic E-state index is 11.9. The molecule has 3 aliphatic rings. The molecule has 0 aliphatic carbocycles. The number of carbonyl (C=O) groups excluding carboxylic acids is 1. The van der Waals surface area contributed by atoms with E-state index in [-0.39, 0.29) is 11.9 Å². The summed E-state index contributed by atoms with van der Waals surface area (Å²) in [6, 6.07) is 6.70. The molecule has 30 heavy (non-hydrogen) atoms. The lowest BCUT2D eigenvalue weighted by molar-refractivity contribution is -0.129. The molecule has 0 saturated carbocycles. The van der Waals surface area contributed by atoms with Crippen molar-refractivity contribution in [2.45, 2.75) is 39.2 Å². The van der Waals surface area contributed by atoms with Gasteiger partial charge in [-0.05, 0) is 41.4 Å². The molecule has 2 amide bonds. The van der Waals surface area contributed by atoms with Gasteiger partial charge < -0.3 is 25.1 Å². The van der Waals surface area contributed by atoms with Crippen LogP contribution in [0.2, 0.25) is 0 Å². The second kappa shape index (κ2) is 8.46. The van der Waals surface area contributed by atoms with Gasteiger partial charge in [0.25, 0.3) is 0 Å². The Balaban J connectivity index is 1.61. The van der Waals surface area contributed by atoms with Crippen molar-refractivity contribution in [1.82, 2.24) is 15.1 Å². The minimum absolute atomic E-state index is 0.0182. The highest BCUT2D eigenvalue weighted by atomic mass is 16.4. The van der Waals surface area contributed by atoms with Gasteiger partial charge in [0.2, 0.25) is 5.91 Å². The van der Waals surface area contributed by atoms with E-state index >= 15 is 0 Å². The van der Waals surface area contributed by atoms with E-state index in [1.165, 1.54) is 16.8 Å². The minimum atomic E-state index is -0.801. The van der Waals surface area contributed by atoms with Gasteiger partial charge in [0.05, 0.1) is 0 Å². The Morgan fingerprint density at radius 2 is 1.90 bits per heavy atom. The zero-order chi connectivity index (χ0) is 21.4. The highest BCUT2D eigenvalue weighted by Gasteiger charge is 2.46. The molecule has 2 N–H and O–H groups in total. The van der Waals surface area contributed by atoms with Crippen LogP contribution in [0.1, 0.15) is 37.8 Å². The normalized spacial score (nSPS) is 26.4. The van der Waals surface area contributed by atoms with Gasteiger partial charge in [-0.1, -0.05) is 26.0 Å². The molecule has 1 aromatic carbocycles. The molecular formula is C23H34N4O3. The second-order valence-electron chi connectivity index (χ2n) is 9.32.